The van der Waals surface area contributed by atoms with Gasteiger partial charge in [-0.2, -0.15) is 5.26 Å². The maximum absolute atomic E-state index is 13.6. The molecule has 0 aliphatic carbocycles. The van der Waals surface area contributed by atoms with E-state index in [0.29, 0.717) is 25.3 Å². The molecule has 0 saturated carbocycles. The van der Waals surface area contributed by atoms with Crippen LogP contribution < -0.4 is 0 Å². The molecule has 0 bridgehead atoms. The first-order valence-electron chi connectivity index (χ1n) is 14.2. The number of rotatable bonds is 23. The van der Waals surface area contributed by atoms with E-state index in [1.165, 1.54) is 108 Å². The van der Waals surface area contributed by atoms with Crippen molar-refractivity contribution in [2.24, 2.45) is 0 Å². The minimum absolute atomic E-state index is 0.0180. The molecule has 0 aliphatic heterocycles. The Balaban J connectivity index is 1.96. The van der Waals surface area contributed by atoms with Crippen molar-refractivity contribution < 1.29 is 14.2 Å². The van der Waals surface area contributed by atoms with Crippen LogP contribution >= 0.6 is 0 Å². The number of halogens is 1. The zero-order valence-corrected chi connectivity index (χ0v) is 22.6. The largest absolute Gasteiger partial charge is 0.395 e. The van der Waals surface area contributed by atoms with Gasteiger partial charge in [-0.05, 0) is 37.2 Å². The van der Waals surface area contributed by atoms with Gasteiger partial charge in [0.15, 0.2) is 0 Å². The van der Waals surface area contributed by atoms with E-state index in [4.69, 9.17) is 10.00 Å². The Bertz CT molecular complexity index is 677. The highest BCUT2D eigenvalue weighted by Crippen LogP contribution is 2.15. The summed E-state index contributed by atoms with van der Waals surface area (Å²) in [6.07, 6.45) is 21.6. The molecule has 1 unspecified atom stereocenters. The highest BCUT2D eigenvalue weighted by molar-refractivity contribution is 5.33. The predicted molar refractivity (Wildman–Crippen MR) is 144 cm³/mol. The van der Waals surface area contributed by atoms with Crippen molar-refractivity contribution in [1.82, 2.24) is 4.90 Å². The van der Waals surface area contributed by atoms with Crippen LogP contribution in [0.3, 0.4) is 0 Å². The number of aliphatic hydroxyl groups excluding tert-OH is 1. The summed E-state index contributed by atoms with van der Waals surface area (Å²) in [5.74, 6) is -0.409. The summed E-state index contributed by atoms with van der Waals surface area (Å²) in [5, 5.41) is 18.7. The summed E-state index contributed by atoms with van der Waals surface area (Å²) in [5.41, 5.74) is 1.04. The molecule has 1 aromatic rings. The van der Waals surface area contributed by atoms with Crippen LogP contribution in [0.25, 0.3) is 0 Å². The van der Waals surface area contributed by atoms with Crippen LogP contribution in [0.5, 0.6) is 0 Å². The molecule has 1 atom stereocenters. The summed E-state index contributed by atoms with van der Waals surface area (Å²) >= 11 is 0. The van der Waals surface area contributed by atoms with E-state index >= 15 is 0 Å². The Morgan fingerprint density at radius 3 is 1.86 bits per heavy atom. The lowest BCUT2D eigenvalue weighted by Crippen LogP contribution is -2.38. The summed E-state index contributed by atoms with van der Waals surface area (Å²) in [4.78, 5) is 1.95. The van der Waals surface area contributed by atoms with Crippen molar-refractivity contribution in [3.05, 3.63) is 35.1 Å². The van der Waals surface area contributed by atoms with Crippen LogP contribution in [0.4, 0.5) is 4.39 Å². The maximum Gasteiger partial charge on any atom is 0.124 e. The standard InChI is InChI=1S/C30H51FN2O2/c1-3-4-5-6-7-8-9-10-11-12-13-14-15-16-17-18-19-35-26-30(25-34)33(2)24-28-20-27(23-32)21-29(31)22-28/h20-22,30,34H,3-19,24-26H2,1-2H3. The predicted octanol–water partition coefficient (Wildman–Crippen LogP) is 7.77. The zero-order valence-electron chi connectivity index (χ0n) is 22.6. The third-order valence-electron chi connectivity index (χ3n) is 6.81. The van der Waals surface area contributed by atoms with Gasteiger partial charge in [-0.3, -0.25) is 4.90 Å². The average Bonchev–Trinajstić information content (AvgIpc) is 2.85. The molecule has 200 valence electrons. The Labute approximate surface area is 214 Å². The van der Waals surface area contributed by atoms with Crippen molar-refractivity contribution in [3.63, 3.8) is 0 Å². The molecule has 5 heteroatoms. The zero-order chi connectivity index (χ0) is 25.6. The van der Waals surface area contributed by atoms with Gasteiger partial charge in [0.05, 0.1) is 30.9 Å². The van der Waals surface area contributed by atoms with Gasteiger partial charge in [-0.15, -0.1) is 0 Å². The molecule has 0 radical (unpaired) electrons. The lowest BCUT2D eigenvalue weighted by Gasteiger charge is -2.26. The molecule has 0 fully saturated rings. The Hall–Kier alpha value is -1.48. The molecule has 1 rings (SSSR count). The second-order valence-electron chi connectivity index (χ2n) is 10.1. The van der Waals surface area contributed by atoms with E-state index < -0.39 is 5.82 Å². The molecule has 1 aromatic carbocycles. The lowest BCUT2D eigenvalue weighted by molar-refractivity contribution is 0.0374. The van der Waals surface area contributed by atoms with Crippen molar-refractivity contribution in [2.45, 2.75) is 122 Å². The molecule has 1 N–H and O–H groups in total. The van der Waals surface area contributed by atoms with Crippen LogP contribution in [0.2, 0.25) is 0 Å². The number of hydrogen-bond acceptors (Lipinski definition) is 4. The van der Waals surface area contributed by atoms with Crippen LogP contribution in [0.15, 0.2) is 18.2 Å². The fourth-order valence-corrected chi connectivity index (χ4v) is 4.51. The number of nitriles is 1. The minimum Gasteiger partial charge on any atom is -0.395 e. The smallest absolute Gasteiger partial charge is 0.124 e. The molecule has 35 heavy (non-hydrogen) atoms. The van der Waals surface area contributed by atoms with E-state index in [-0.39, 0.29) is 12.6 Å². The van der Waals surface area contributed by atoms with Crippen LogP contribution in [0.1, 0.15) is 121 Å². The first-order chi connectivity index (χ1) is 17.1. The topological polar surface area (TPSA) is 56.5 Å². The fourth-order valence-electron chi connectivity index (χ4n) is 4.51. The van der Waals surface area contributed by atoms with Crippen LogP contribution in [0, 0.1) is 17.1 Å². The lowest BCUT2D eigenvalue weighted by atomic mass is 10.0. The molecular formula is C30H51FN2O2. The highest BCUT2D eigenvalue weighted by Gasteiger charge is 2.15. The molecule has 0 aromatic heterocycles. The third kappa shape index (κ3) is 16.8. The third-order valence-corrected chi connectivity index (χ3v) is 6.81. The Morgan fingerprint density at radius 1 is 0.857 bits per heavy atom. The number of hydrogen-bond donors (Lipinski definition) is 1. The van der Waals surface area contributed by atoms with E-state index in [2.05, 4.69) is 6.92 Å². The van der Waals surface area contributed by atoms with Crippen LogP contribution in [-0.4, -0.2) is 42.9 Å². The van der Waals surface area contributed by atoms with E-state index in [1.807, 2.05) is 18.0 Å². The first kappa shape index (κ1) is 31.5. The van der Waals surface area contributed by atoms with Crippen LogP contribution in [-0.2, 0) is 11.3 Å². The average molecular weight is 491 g/mol. The van der Waals surface area contributed by atoms with Gasteiger partial charge in [-0.1, -0.05) is 103 Å². The summed E-state index contributed by atoms with van der Waals surface area (Å²) in [6, 6.07) is 6.18. The van der Waals surface area contributed by atoms with Gasteiger partial charge in [0, 0.05) is 13.2 Å². The summed E-state index contributed by atoms with van der Waals surface area (Å²) < 4.78 is 19.4. The molecule has 0 saturated heterocycles. The molecule has 0 aliphatic rings. The fraction of sp³-hybridized carbons (Fsp3) is 0.767. The minimum atomic E-state index is -0.409. The molecule has 0 spiro atoms. The quantitative estimate of drug-likeness (QED) is 0.159. The summed E-state index contributed by atoms with van der Waals surface area (Å²) in [6.45, 7) is 3.88. The maximum atomic E-state index is 13.6. The normalized spacial score (nSPS) is 12.2. The Kier molecular flexibility index (Phi) is 19.6. The number of aliphatic hydroxyl groups is 1. The summed E-state index contributed by atoms with van der Waals surface area (Å²) in [7, 11) is 1.88. The van der Waals surface area contributed by atoms with Gasteiger partial charge in [-0.25, -0.2) is 4.39 Å². The van der Waals surface area contributed by atoms with Crippen molar-refractivity contribution >= 4 is 0 Å². The van der Waals surface area contributed by atoms with Crippen molar-refractivity contribution in [3.8, 4) is 6.07 Å². The van der Waals surface area contributed by atoms with E-state index in [9.17, 15) is 9.50 Å². The van der Waals surface area contributed by atoms with Crippen molar-refractivity contribution in [1.29, 1.82) is 5.26 Å². The molecule has 4 nitrogen and oxygen atoms in total. The molecule has 0 amide bonds. The second kappa shape index (κ2) is 21.8. The number of likely N-dealkylation sites (N-methyl/N-ethyl adjacent to an activating group) is 1. The van der Waals surface area contributed by atoms with Gasteiger partial charge >= 0.3 is 0 Å². The number of ether oxygens (including phenoxy) is 1. The van der Waals surface area contributed by atoms with E-state index in [0.717, 1.165) is 12.0 Å². The highest BCUT2D eigenvalue weighted by atomic mass is 19.1. The van der Waals surface area contributed by atoms with Gasteiger partial charge in [0.1, 0.15) is 5.82 Å². The van der Waals surface area contributed by atoms with Gasteiger partial charge in [0.25, 0.3) is 0 Å². The number of benzene rings is 1. The Morgan fingerprint density at radius 2 is 1.37 bits per heavy atom. The monoisotopic (exact) mass is 490 g/mol. The molecular weight excluding hydrogens is 439 g/mol. The van der Waals surface area contributed by atoms with Gasteiger partial charge in [0.2, 0.25) is 0 Å². The van der Waals surface area contributed by atoms with Gasteiger partial charge < -0.3 is 9.84 Å². The number of unbranched alkanes of at least 4 members (excludes halogenated alkanes) is 15. The SMILES string of the molecule is CCCCCCCCCCCCCCCCCCOCC(CO)N(C)Cc1cc(F)cc(C#N)c1. The molecule has 0 heterocycles. The van der Waals surface area contributed by atoms with Crippen molar-refractivity contribution in [2.75, 3.05) is 26.9 Å². The number of nitrogens with zero attached hydrogens (tertiary/aromatic N) is 2. The van der Waals surface area contributed by atoms with E-state index in [1.54, 1.807) is 6.07 Å². The first-order valence-corrected chi connectivity index (χ1v) is 14.2. The second-order valence-corrected chi connectivity index (χ2v) is 10.1.